The number of likely N-dealkylation sites (N-methyl/N-ethyl adjacent to an activating group) is 1. The zero-order chi connectivity index (χ0) is 47.0. The van der Waals surface area contributed by atoms with Crippen molar-refractivity contribution in [1.29, 1.82) is 0 Å². The normalized spacial score (nSPS) is 16.2. The van der Waals surface area contributed by atoms with Crippen molar-refractivity contribution in [2.45, 2.75) is 29.8 Å². The smallest absolute Gasteiger partial charge is 0.279 e. The van der Waals surface area contributed by atoms with E-state index in [2.05, 4.69) is 57.1 Å². The van der Waals surface area contributed by atoms with Crippen molar-refractivity contribution < 1.29 is 27.6 Å². The highest BCUT2D eigenvalue weighted by Crippen LogP contribution is 2.28. The van der Waals surface area contributed by atoms with Gasteiger partial charge in [-0.05, 0) is 49.2 Å². The maximum absolute atomic E-state index is 13.8. The second-order valence-electron chi connectivity index (χ2n) is 15.8. The summed E-state index contributed by atoms with van der Waals surface area (Å²) in [7, 11) is -0.240. The summed E-state index contributed by atoms with van der Waals surface area (Å²) < 4.78 is 28.9. The number of fused-ring (bicyclic) bond motifs is 2. The number of sulfone groups is 1. The number of hydrogen-bond acceptors (Lipinski definition) is 16. The number of hydrogen-bond donors (Lipinski definition) is 6. The third-order valence-electron chi connectivity index (χ3n) is 11.4. The summed E-state index contributed by atoms with van der Waals surface area (Å²) in [5, 5.41) is 27.2. The lowest BCUT2D eigenvalue weighted by Gasteiger charge is -2.18. The maximum Gasteiger partial charge on any atom is 0.279 e. The van der Waals surface area contributed by atoms with Gasteiger partial charge in [-0.3, -0.25) is 28.5 Å². The minimum absolute atomic E-state index is 0.0458. The van der Waals surface area contributed by atoms with Gasteiger partial charge in [0.05, 0.1) is 34.4 Å². The molecule has 0 saturated carbocycles. The third kappa shape index (κ3) is 8.75. The van der Waals surface area contributed by atoms with Crippen molar-refractivity contribution in [3.8, 4) is 5.82 Å². The van der Waals surface area contributed by atoms with Crippen molar-refractivity contribution in [1.82, 2.24) is 59.2 Å². The molecule has 67 heavy (non-hydrogen) atoms. The predicted octanol–water partition coefficient (Wildman–Crippen LogP) is 1.65. The predicted molar refractivity (Wildman–Crippen MR) is 246 cm³/mol. The van der Waals surface area contributed by atoms with Crippen LogP contribution in [0.5, 0.6) is 0 Å². The molecule has 2 saturated heterocycles. The first kappa shape index (κ1) is 43.8. The Hall–Kier alpha value is -8.41. The number of likely N-dealkylation sites (tertiary alicyclic amines) is 2. The molecule has 4 amide bonds. The first-order chi connectivity index (χ1) is 32.3. The molecule has 6 N–H and O–H groups in total. The number of carbonyl (C=O) groups is 4. The molecular weight excluding hydrogens is 885 g/mol. The SMILES string of the molecule is CNc1cc(Nc2ccccc2S(C)(=O)=O)nn2c(C(=O)N[C@@H]3CCN(CCNc4cc(Nc5cccn(-c6ccccn6)c5=O)nn5c(C(=O)N[C@@H]6CCN(C)C6=O)cnc45)C3=O)cnc12. The lowest BCUT2D eigenvalue weighted by molar-refractivity contribution is -0.129. The van der Waals surface area contributed by atoms with Crippen LogP contribution in [0.25, 0.3) is 17.1 Å². The first-order valence-corrected chi connectivity index (χ1v) is 23.0. The average Bonchev–Trinajstić information content (AvgIpc) is 4.10. The van der Waals surface area contributed by atoms with Crippen LogP contribution in [0, 0.1) is 0 Å². The second kappa shape index (κ2) is 17.9. The fraction of sp³-hybridized carbons (Fsp3) is 0.256. The highest BCUT2D eigenvalue weighted by molar-refractivity contribution is 7.90. The van der Waals surface area contributed by atoms with Crippen LogP contribution in [-0.4, -0.2) is 139 Å². The van der Waals surface area contributed by atoms with Crippen molar-refractivity contribution >= 4 is 79.1 Å². The van der Waals surface area contributed by atoms with E-state index in [4.69, 9.17) is 0 Å². The minimum atomic E-state index is -3.58. The van der Waals surface area contributed by atoms with E-state index in [1.807, 2.05) is 0 Å². The number of para-hydroxylation sites is 1. The van der Waals surface area contributed by atoms with Gasteiger partial charge in [0.2, 0.25) is 11.8 Å². The Morgan fingerprint density at radius 2 is 1.34 bits per heavy atom. The van der Waals surface area contributed by atoms with E-state index in [0.717, 1.165) is 6.26 Å². The van der Waals surface area contributed by atoms with Crippen LogP contribution in [0.1, 0.15) is 33.8 Å². The quantitative estimate of drug-likeness (QED) is 0.0853. The summed E-state index contributed by atoms with van der Waals surface area (Å²) >= 11 is 0. The highest BCUT2D eigenvalue weighted by Gasteiger charge is 2.34. The molecule has 0 unspecified atom stereocenters. The molecule has 24 heteroatoms. The van der Waals surface area contributed by atoms with Crippen LogP contribution >= 0.6 is 0 Å². The molecule has 2 aliphatic rings. The topological polar surface area (TPSA) is 276 Å². The molecule has 8 heterocycles. The number of carbonyl (C=O) groups excluding carboxylic acids is 4. The van der Waals surface area contributed by atoms with Crippen LogP contribution in [0.15, 0.2) is 101 Å². The zero-order valence-electron chi connectivity index (χ0n) is 36.3. The third-order valence-corrected chi connectivity index (χ3v) is 12.5. The first-order valence-electron chi connectivity index (χ1n) is 21.1. The lowest BCUT2D eigenvalue weighted by atomic mass is 10.2. The van der Waals surface area contributed by atoms with E-state index in [0.29, 0.717) is 54.5 Å². The second-order valence-corrected chi connectivity index (χ2v) is 17.8. The maximum atomic E-state index is 13.8. The number of pyridine rings is 2. The minimum Gasteiger partial charge on any atom is -0.385 e. The largest absolute Gasteiger partial charge is 0.385 e. The molecule has 23 nitrogen and oxygen atoms in total. The van der Waals surface area contributed by atoms with Crippen molar-refractivity contribution in [2.24, 2.45) is 0 Å². The monoisotopic (exact) mass is 928 g/mol. The number of imidazole rings is 2. The lowest BCUT2D eigenvalue weighted by Crippen LogP contribution is -2.42. The van der Waals surface area contributed by atoms with Gasteiger partial charge in [-0.25, -0.2) is 32.4 Å². The van der Waals surface area contributed by atoms with Gasteiger partial charge in [0, 0.05) is 71.1 Å². The van der Waals surface area contributed by atoms with Gasteiger partial charge in [-0.15, -0.1) is 10.2 Å². The molecule has 0 radical (unpaired) electrons. The fourth-order valence-corrected chi connectivity index (χ4v) is 8.80. The van der Waals surface area contributed by atoms with Gasteiger partial charge in [-0.2, -0.15) is 0 Å². The summed E-state index contributed by atoms with van der Waals surface area (Å²) in [5.74, 6) is -0.857. The Morgan fingerprint density at radius 1 is 0.731 bits per heavy atom. The summed E-state index contributed by atoms with van der Waals surface area (Å²) in [5.41, 5.74) is 1.67. The van der Waals surface area contributed by atoms with Gasteiger partial charge in [0.1, 0.15) is 23.6 Å². The van der Waals surface area contributed by atoms with E-state index >= 15 is 0 Å². The molecule has 2 fully saturated rings. The molecule has 6 aromatic heterocycles. The van der Waals surface area contributed by atoms with Crippen LogP contribution in [0.2, 0.25) is 0 Å². The number of aromatic nitrogens is 8. The average molecular weight is 929 g/mol. The summed E-state index contributed by atoms with van der Waals surface area (Å²) in [6.07, 6.45) is 7.73. The molecular formula is C43H44N16O7S. The van der Waals surface area contributed by atoms with E-state index in [1.54, 1.807) is 97.0 Å². The number of benzene rings is 1. The molecule has 7 aromatic rings. The van der Waals surface area contributed by atoms with Gasteiger partial charge < -0.3 is 41.7 Å². The van der Waals surface area contributed by atoms with Gasteiger partial charge in [0.15, 0.2) is 44.2 Å². The molecule has 0 aliphatic carbocycles. The summed E-state index contributed by atoms with van der Waals surface area (Å²) in [6.45, 7) is 1.27. The van der Waals surface area contributed by atoms with Crippen molar-refractivity contribution in [3.63, 3.8) is 0 Å². The van der Waals surface area contributed by atoms with Crippen molar-refractivity contribution in [3.05, 3.63) is 113 Å². The Morgan fingerprint density at radius 3 is 1.99 bits per heavy atom. The van der Waals surface area contributed by atoms with Crippen LogP contribution in [0.4, 0.5) is 34.4 Å². The molecule has 1 aromatic carbocycles. The zero-order valence-corrected chi connectivity index (χ0v) is 37.1. The fourth-order valence-electron chi connectivity index (χ4n) is 7.96. The van der Waals surface area contributed by atoms with E-state index in [1.165, 1.54) is 32.1 Å². The number of nitrogens with one attached hydrogen (secondary N) is 6. The Kier molecular flexibility index (Phi) is 11.7. The number of nitrogens with zero attached hydrogens (tertiary/aromatic N) is 10. The summed E-state index contributed by atoms with van der Waals surface area (Å²) in [6, 6.07) is 16.5. The molecule has 9 rings (SSSR count). The van der Waals surface area contributed by atoms with E-state index < -0.39 is 39.3 Å². The molecule has 0 bridgehead atoms. The van der Waals surface area contributed by atoms with Gasteiger partial charge >= 0.3 is 0 Å². The molecule has 344 valence electrons. The number of amides is 4. The number of rotatable bonds is 15. The Bertz CT molecular complexity index is 3260. The van der Waals surface area contributed by atoms with Crippen LogP contribution < -0.4 is 37.5 Å². The molecule has 2 aliphatic heterocycles. The van der Waals surface area contributed by atoms with Crippen molar-refractivity contribution in [2.75, 3.05) is 67.8 Å². The Labute approximate surface area is 381 Å². The standard InChI is InChI=1S/C43H44N16O7S/c1-44-29-21-34(49-25-9-4-5-11-33(25)67(3,65)66)53-58-31(23-47-37(29)58)40(61)52-28-14-19-56(42(28)63)20-16-45-30-22-35(50-26-10-8-17-57(43(26)64)36-12-6-7-15-46-36)54-59-32(24-48-38(30)59)39(60)51-27-13-18-55(2)41(27)62/h4-12,15,17,21-24,27-28,44-45H,13-14,16,18-20H2,1-3H3,(H,49,53)(H,50,54)(H,51,60)(H,52,61)/t27-,28-/m1/s1. The van der Waals surface area contributed by atoms with E-state index in [-0.39, 0.29) is 64.2 Å². The Balaban J connectivity index is 0.912. The number of anilines is 6. The summed E-state index contributed by atoms with van der Waals surface area (Å²) in [4.78, 5) is 83.7. The van der Waals surface area contributed by atoms with E-state index in [9.17, 15) is 32.4 Å². The molecule has 0 spiro atoms. The highest BCUT2D eigenvalue weighted by atomic mass is 32.2. The van der Waals surface area contributed by atoms with Gasteiger partial charge in [0.25, 0.3) is 17.4 Å². The van der Waals surface area contributed by atoms with Crippen LogP contribution in [0.3, 0.4) is 0 Å². The molecule has 2 atom stereocenters. The van der Waals surface area contributed by atoms with Gasteiger partial charge in [-0.1, -0.05) is 18.2 Å². The van der Waals surface area contributed by atoms with Crippen LogP contribution in [-0.2, 0) is 19.4 Å².